The summed E-state index contributed by atoms with van der Waals surface area (Å²) in [7, 11) is 1.36. The molecule has 3 rings (SSSR count). The number of hydrogen-bond donors (Lipinski definition) is 1. The number of nitrogens with one attached hydrogen (secondary N) is 1. The van der Waals surface area contributed by atoms with Crippen molar-refractivity contribution >= 4 is 30.4 Å². The lowest BCUT2D eigenvalue weighted by atomic mass is 9.76. The zero-order valence-corrected chi connectivity index (χ0v) is 16.6. The van der Waals surface area contributed by atoms with E-state index in [0.29, 0.717) is 6.54 Å². The van der Waals surface area contributed by atoms with Gasteiger partial charge in [-0.2, -0.15) is 0 Å². The summed E-state index contributed by atoms with van der Waals surface area (Å²) in [6, 6.07) is 7.89. The van der Waals surface area contributed by atoms with E-state index in [1.807, 2.05) is 24.3 Å². The van der Waals surface area contributed by atoms with Gasteiger partial charge in [0, 0.05) is 12.6 Å². The Bertz CT molecular complexity index is 661. The standard InChI is InChI=1S/C21H27NO4.ClH/c1-25-19(23)12-11-16-7-9-17(10-8-16)15-22-21(13-4-14-21)20(24)26-18-5-2-3-6-18;/h7-12,18,22H,2-6,13-15H2,1H3;1H. The predicted molar refractivity (Wildman–Crippen MR) is 107 cm³/mol. The molecule has 0 heterocycles. The maximum absolute atomic E-state index is 12.6. The second-order valence-corrected chi connectivity index (χ2v) is 7.20. The van der Waals surface area contributed by atoms with E-state index < -0.39 is 5.54 Å². The summed E-state index contributed by atoms with van der Waals surface area (Å²) >= 11 is 0. The third kappa shape index (κ3) is 5.56. The van der Waals surface area contributed by atoms with Gasteiger partial charge >= 0.3 is 11.9 Å². The molecule has 2 saturated carbocycles. The number of carbonyl (C=O) groups is 2. The molecule has 1 aromatic rings. The van der Waals surface area contributed by atoms with Crippen molar-refractivity contribution in [1.82, 2.24) is 5.32 Å². The Morgan fingerprint density at radius 1 is 1.15 bits per heavy atom. The second-order valence-electron chi connectivity index (χ2n) is 7.20. The van der Waals surface area contributed by atoms with E-state index in [1.165, 1.54) is 13.2 Å². The molecule has 0 amide bonds. The van der Waals surface area contributed by atoms with Crippen molar-refractivity contribution in [3.63, 3.8) is 0 Å². The van der Waals surface area contributed by atoms with Gasteiger partial charge in [0.25, 0.3) is 0 Å². The number of ether oxygens (including phenoxy) is 2. The fraction of sp³-hybridized carbons (Fsp3) is 0.524. The van der Waals surface area contributed by atoms with Gasteiger partial charge in [-0.05, 0) is 62.1 Å². The third-order valence-corrected chi connectivity index (χ3v) is 5.40. The lowest BCUT2D eigenvalue weighted by molar-refractivity contribution is -0.161. The minimum Gasteiger partial charge on any atom is -0.466 e. The van der Waals surface area contributed by atoms with Gasteiger partial charge in [-0.3, -0.25) is 10.1 Å². The van der Waals surface area contributed by atoms with Crippen LogP contribution in [0, 0.1) is 0 Å². The minimum absolute atomic E-state index is 0. The lowest BCUT2D eigenvalue weighted by Gasteiger charge is -2.40. The van der Waals surface area contributed by atoms with Gasteiger partial charge in [0.15, 0.2) is 0 Å². The van der Waals surface area contributed by atoms with Gasteiger partial charge in [-0.25, -0.2) is 4.79 Å². The first-order chi connectivity index (χ1) is 12.6. The average molecular weight is 394 g/mol. The molecule has 0 radical (unpaired) electrons. The van der Waals surface area contributed by atoms with Crippen LogP contribution < -0.4 is 5.32 Å². The molecular formula is C21H28ClNO4. The van der Waals surface area contributed by atoms with Crippen molar-refractivity contribution in [2.24, 2.45) is 0 Å². The first-order valence-electron chi connectivity index (χ1n) is 9.42. The van der Waals surface area contributed by atoms with E-state index in [2.05, 4.69) is 10.1 Å². The van der Waals surface area contributed by atoms with Gasteiger partial charge in [0.1, 0.15) is 11.6 Å². The molecule has 1 N–H and O–H groups in total. The Morgan fingerprint density at radius 2 is 1.81 bits per heavy atom. The largest absolute Gasteiger partial charge is 0.466 e. The first kappa shape index (κ1) is 21.5. The van der Waals surface area contributed by atoms with Crippen molar-refractivity contribution in [3.05, 3.63) is 41.5 Å². The van der Waals surface area contributed by atoms with E-state index in [0.717, 1.165) is 56.1 Å². The van der Waals surface area contributed by atoms with Crippen molar-refractivity contribution in [1.29, 1.82) is 0 Å². The summed E-state index contributed by atoms with van der Waals surface area (Å²) in [4.78, 5) is 23.7. The molecule has 0 aromatic heterocycles. The average Bonchev–Trinajstić information content (AvgIpc) is 3.12. The van der Waals surface area contributed by atoms with Crippen LogP contribution in [0.5, 0.6) is 0 Å². The first-order valence-corrected chi connectivity index (χ1v) is 9.42. The summed E-state index contributed by atoms with van der Waals surface area (Å²) in [5, 5.41) is 3.43. The van der Waals surface area contributed by atoms with Gasteiger partial charge < -0.3 is 9.47 Å². The van der Waals surface area contributed by atoms with Crippen molar-refractivity contribution < 1.29 is 19.1 Å². The minimum atomic E-state index is -0.508. The Kier molecular flexibility index (Phi) is 7.87. The maximum Gasteiger partial charge on any atom is 0.330 e. The predicted octanol–water partition coefficient (Wildman–Crippen LogP) is 3.79. The van der Waals surface area contributed by atoms with Crippen molar-refractivity contribution in [2.75, 3.05) is 7.11 Å². The van der Waals surface area contributed by atoms with Gasteiger partial charge in [0.05, 0.1) is 7.11 Å². The van der Waals surface area contributed by atoms with E-state index in [4.69, 9.17) is 4.74 Å². The fourth-order valence-electron chi connectivity index (χ4n) is 3.50. The van der Waals surface area contributed by atoms with Crippen LogP contribution in [0.4, 0.5) is 0 Å². The Balaban J connectivity index is 0.00000261. The molecule has 148 valence electrons. The van der Waals surface area contributed by atoms with Crippen LogP contribution in [0.3, 0.4) is 0 Å². The maximum atomic E-state index is 12.6. The summed E-state index contributed by atoms with van der Waals surface area (Å²) in [6.07, 6.45) is 10.3. The van der Waals surface area contributed by atoms with Crippen LogP contribution in [0.15, 0.2) is 30.3 Å². The van der Waals surface area contributed by atoms with Crippen LogP contribution in [-0.2, 0) is 25.6 Å². The Labute approximate surface area is 166 Å². The van der Waals surface area contributed by atoms with E-state index in [9.17, 15) is 9.59 Å². The summed E-state index contributed by atoms with van der Waals surface area (Å²) in [5.41, 5.74) is 1.52. The number of benzene rings is 1. The lowest BCUT2D eigenvalue weighted by Crippen LogP contribution is -2.58. The molecule has 0 atom stereocenters. The summed E-state index contributed by atoms with van der Waals surface area (Å²) in [6.45, 7) is 0.626. The second kappa shape index (κ2) is 9.90. The molecule has 27 heavy (non-hydrogen) atoms. The van der Waals surface area contributed by atoms with Crippen molar-refractivity contribution in [3.8, 4) is 0 Å². The van der Waals surface area contributed by atoms with E-state index >= 15 is 0 Å². The van der Waals surface area contributed by atoms with E-state index in [-0.39, 0.29) is 30.4 Å². The zero-order valence-electron chi connectivity index (χ0n) is 15.7. The van der Waals surface area contributed by atoms with Crippen LogP contribution in [0.25, 0.3) is 6.08 Å². The monoisotopic (exact) mass is 393 g/mol. The summed E-state index contributed by atoms with van der Waals surface area (Å²) in [5.74, 6) is -0.447. The molecule has 6 heteroatoms. The van der Waals surface area contributed by atoms with Crippen molar-refractivity contribution in [2.45, 2.75) is 63.1 Å². The van der Waals surface area contributed by atoms with Gasteiger partial charge in [-0.15, -0.1) is 12.4 Å². The number of halogens is 1. The Hall–Kier alpha value is -1.85. The van der Waals surface area contributed by atoms with Gasteiger partial charge in [0.2, 0.25) is 0 Å². The molecule has 2 fully saturated rings. The molecule has 2 aliphatic rings. The highest BCUT2D eigenvalue weighted by molar-refractivity contribution is 5.87. The topological polar surface area (TPSA) is 64.6 Å². The number of methoxy groups -OCH3 is 1. The molecule has 1 aromatic carbocycles. The molecule has 0 spiro atoms. The highest BCUT2D eigenvalue weighted by Gasteiger charge is 2.46. The van der Waals surface area contributed by atoms with Crippen LogP contribution in [0.1, 0.15) is 56.1 Å². The number of esters is 2. The number of rotatable bonds is 7. The molecule has 0 unspecified atom stereocenters. The van der Waals surface area contributed by atoms with Crippen LogP contribution in [0.2, 0.25) is 0 Å². The highest BCUT2D eigenvalue weighted by atomic mass is 35.5. The third-order valence-electron chi connectivity index (χ3n) is 5.40. The Morgan fingerprint density at radius 3 is 2.37 bits per heavy atom. The highest BCUT2D eigenvalue weighted by Crippen LogP contribution is 2.35. The molecule has 2 aliphatic carbocycles. The SMILES string of the molecule is COC(=O)C=Cc1ccc(CNC2(C(=O)OC3CCCC3)CCC2)cc1.Cl. The smallest absolute Gasteiger partial charge is 0.330 e. The zero-order chi connectivity index (χ0) is 18.4. The summed E-state index contributed by atoms with van der Waals surface area (Å²) < 4.78 is 10.3. The molecule has 0 bridgehead atoms. The molecule has 5 nitrogen and oxygen atoms in total. The number of carbonyl (C=O) groups excluding carboxylic acids is 2. The van der Waals surface area contributed by atoms with Crippen LogP contribution >= 0.6 is 12.4 Å². The molecular weight excluding hydrogens is 366 g/mol. The quantitative estimate of drug-likeness (QED) is 0.564. The van der Waals surface area contributed by atoms with Crippen LogP contribution in [-0.4, -0.2) is 30.7 Å². The molecule has 0 aliphatic heterocycles. The van der Waals surface area contributed by atoms with Gasteiger partial charge in [-0.1, -0.05) is 24.3 Å². The molecule has 0 saturated heterocycles. The normalized spacial score (nSPS) is 18.6. The number of hydrogen-bond acceptors (Lipinski definition) is 5. The fourth-order valence-corrected chi connectivity index (χ4v) is 3.50. The van der Waals surface area contributed by atoms with E-state index in [1.54, 1.807) is 6.08 Å².